The molecule has 0 spiro atoms. The minimum Gasteiger partial charge on any atom is -0.379 e. The quantitative estimate of drug-likeness (QED) is 0.678. The Morgan fingerprint density at radius 3 is 2.72 bits per heavy atom. The number of nitrogens with zero attached hydrogens (tertiary/aromatic N) is 2. The van der Waals surface area contributed by atoms with Gasteiger partial charge in [-0.3, -0.25) is 9.59 Å². The first-order chi connectivity index (χ1) is 8.77. The van der Waals surface area contributed by atoms with Crippen molar-refractivity contribution in [2.75, 3.05) is 26.3 Å². The van der Waals surface area contributed by atoms with E-state index in [4.69, 9.17) is 4.74 Å². The van der Waals surface area contributed by atoms with Crippen LogP contribution in [-0.4, -0.2) is 60.0 Å². The van der Waals surface area contributed by atoms with Crippen molar-refractivity contribution in [3.05, 3.63) is 0 Å². The largest absolute Gasteiger partial charge is 0.379 e. The van der Waals surface area contributed by atoms with Crippen molar-refractivity contribution in [3.8, 4) is 0 Å². The highest BCUT2D eigenvalue weighted by atomic mass is 16.5. The van der Waals surface area contributed by atoms with Crippen LogP contribution < -0.4 is 0 Å². The normalized spacial score (nSPS) is 33.6. The Kier molecular flexibility index (Phi) is 3.24. The molecule has 3 fully saturated rings. The monoisotopic (exact) mass is 252 g/mol. The van der Waals surface area contributed by atoms with Gasteiger partial charge in [0.05, 0.1) is 12.6 Å². The molecule has 2 amide bonds. The highest BCUT2D eigenvalue weighted by molar-refractivity contribution is 5.90. The molecular weight excluding hydrogens is 232 g/mol. The number of ether oxygens (including phenoxy) is 1. The Balaban J connectivity index is 1.78. The summed E-state index contributed by atoms with van der Waals surface area (Å²) in [6.45, 7) is 2.75. The zero-order chi connectivity index (χ0) is 12.5. The number of hydrogen-bond acceptors (Lipinski definition) is 3. The number of carbonyl (C=O) groups excluding carboxylic acids is 2. The van der Waals surface area contributed by atoms with Crippen LogP contribution in [0.2, 0.25) is 0 Å². The molecule has 18 heavy (non-hydrogen) atoms. The molecule has 3 heterocycles. The average Bonchev–Trinajstić information content (AvgIpc) is 2.85. The lowest BCUT2D eigenvalue weighted by Crippen LogP contribution is -2.50. The van der Waals surface area contributed by atoms with Gasteiger partial charge in [0.15, 0.2) is 0 Å². The summed E-state index contributed by atoms with van der Waals surface area (Å²) < 4.78 is 5.47. The standard InChI is InChI=1S/C13H20N2O3/c16-12-5-7-14(10-3-2-8-18-9-10)13(17)11-4-1-6-15(11)12/h10-11H,1-9H2. The molecule has 0 aromatic heterocycles. The Morgan fingerprint density at radius 2 is 1.94 bits per heavy atom. The van der Waals surface area contributed by atoms with Crippen LogP contribution in [0.1, 0.15) is 32.1 Å². The average molecular weight is 252 g/mol. The van der Waals surface area contributed by atoms with Gasteiger partial charge in [0.2, 0.25) is 11.8 Å². The lowest BCUT2D eigenvalue weighted by atomic mass is 10.1. The van der Waals surface area contributed by atoms with E-state index in [9.17, 15) is 9.59 Å². The molecule has 0 aromatic carbocycles. The summed E-state index contributed by atoms with van der Waals surface area (Å²) >= 11 is 0. The van der Waals surface area contributed by atoms with Crippen molar-refractivity contribution in [1.82, 2.24) is 9.80 Å². The molecule has 0 radical (unpaired) electrons. The van der Waals surface area contributed by atoms with Crippen LogP contribution in [0, 0.1) is 0 Å². The zero-order valence-corrected chi connectivity index (χ0v) is 10.6. The molecule has 0 saturated carbocycles. The van der Waals surface area contributed by atoms with Gasteiger partial charge < -0.3 is 14.5 Å². The van der Waals surface area contributed by atoms with Crippen molar-refractivity contribution in [1.29, 1.82) is 0 Å². The fraction of sp³-hybridized carbons (Fsp3) is 0.846. The van der Waals surface area contributed by atoms with E-state index in [0.717, 1.165) is 38.8 Å². The van der Waals surface area contributed by atoms with Gasteiger partial charge in [-0.05, 0) is 25.7 Å². The fourth-order valence-electron chi connectivity index (χ4n) is 3.32. The Labute approximate surface area is 107 Å². The molecule has 5 nitrogen and oxygen atoms in total. The molecule has 0 aliphatic carbocycles. The summed E-state index contributed by atoms with van der Waals surface area (Å²) in [6.07, 6.45) is 4.27. The molecule has 3 saturated heterocycles. The molecule has 0 aromatic rings. The maximum absolute atomic E-state index is 12.5. The minimum absolute atomic E-state index is 0.144. The number of amides is 2. The van der Waals surface area contributed by atoms with Crippen molar-refractivity contribution in [3.63, 3.8) is 0 Å². The van der Waals surface area contributed by atoms with E-state index in [1.807, 2.05) is 4.90 Å². The highest BCUT2D eigenvalue weighted by Crippen LogP contribution is 2.26. The predicted octanol–water partition coefficient (Wildman–Crippen LogP) is 0.389. The third-order valence-corrected chi connectivity index (χ3v) is 4.28. The number of carbonyl (C=O) groups is 2. The van der Waals surface area contributed by atoms with E-state index < -0.39 is 0 Å². The van der Waals surface area contributed by atoms with E-state index in [1.165, 1.54) is 0 Å². The molecule has 100 valence electrons. The van der Waals surface area contributed by atoms with Crippen LogP contribution in [0.15, 0.2) is 0 Å². The van der Waals surface area contributed by atoms with Gasteiger partial charge >= 0.3 is 0 Å². The zero-order valence-electron chi connectivity index (χ0n) is 10.6. The van der Waals surface area contributed by atoms with Gasteiger partial charge in [-0.2, -0.15) is 0 Å². The second-order valence-corrected chi connectivity index (χ2v) is 5.40. The van der Waals surface area contributed by atoms with Gasteiger partial charge in [0, 0.05) is 26.1 Å². The molecular formula is C13H20N2O3. The van der Waals surface area contributed by atoms with Crippen molar-refractivity contribution in [2.24, 2.45) is 0 Å². The first-order valence-electron chi connectivity index (χ1n) is 6.95. The lowest BCUT2D eigenvalue weighted by Gasteiger charge is -2.34. The van der Waals surface area contributed by atoms with E-state index in [2.05, 4.69) is 0 Å². The predicted molar refractivity (Wildman–Crippen MR) is 64.9 cm³/mol. The van der Waals surface area contributed by atoms with Gasteiger partial charge in [-0.25, -0.2) is 0 Å². The maximum atomic E-state index is 12.5. The molecule has 5 heteroatoms. The van der Waals surface area contributed by atoms with Crippen LogP contribution in [-0.2, 0) is 14.3 Å². The molecule has 0 N–H and O–H groups in total. The number of hydrogen-bond donors (Lipinski definition) is 0. The third kappa shape index (κ3) is 2.00. The van der Waals surface area contributed by atoms with E-state index in [1.54, 1.807) is 4.90 Å². The van der Waals surface area contributed by atoms with Crippen molar-refractivity contribution >= 4 is 11.8 Å². The first-order valence-corrected chi connectivity index (χ1v) is 6.95. The molecule has 3 aliphatic rings. The van der Waals surface area contributed by atoms with Crippen molar-refractivity contribution < 1.29 is 14.3 Å². The van der Waals surface area contributed by atoms with Gasteiger partial charge in [0.1, 0.15) is 6.04 Å². The summed E-state index contributed by atoms with van der Waals surface area (Å²) in [4.78, 5) is 28.2. The van der Waals surface area contributed by atoms with Crippen LogP contribution in [0.25, 0.3) is 0 Å². The number of fused-ring (bicyclic) bond motifs is 1. The second kappa shape index (κ2) is 4.88. The number of rotatable bonds is 1. The fourth-order valence-corrected chi connectivity index (χ4v) is 3.32. The van der Waals surface area contributed by atoms with Crippen LogP contribution >= 0.6 is 0 Å². The molecule has 0 bridgehead atoms. The van der Waals surface area contributed by atoms with E-state index in [0.29, 0.717) is 19.6 Å². The molecule has 3 rings (SSSR count). The summed E-state index contributed by atoms with van der Waals surface area (Å²) in [5.41, 5.74) is 0. The second-order valence-electron chi connectivity index (χ2n) is 5.40. The summed E-state index contributed by atoms with van der Waals surface area (Å²) in [6, 6.07) is -0.0125. The molecule has 3 aliphatic heterocycles. The van der Waals surface area contributed by atoms with Crippen molar-refractivity contribution in [2.45, 2.75) is 44.2 Å². The highest BCUT2D eigenvalue weighted by Gasteiger charge is 2.41. The molecule has 2 atom stereocenters. The Bertz CT molecular complexity index is 352. The SMILES string of the molecule is O=C1C2CCCN2C(=O)CCN1C1CCCOC1. The minimum atomic E-state index is -0.193. The van der Waals surface area contributed by atoms with E-state index >= 15 is 0 Å². The first kappa shape index (κ1) is 12.0. The van der Waals surface area contributed by atoms with Gasteiger partial charge in [-0.1, -0.05) is 0 Å². The van der Waals surface area contributed by atoms with Crippen LogP contribution in [0.3, 0.4) is 0 Å². The maximum Gasteiger partial charge on any atom is 0.245 e. The van der Waals surface area contributed by atoms with Gasteiger partial charge in [0.25, 0.3) is 0 Å². The summed E-state index contributed by atoms with van der Waals surface area (Å²) in [5.74, 6) is 0.291. The Morgan fingerprint density at radius 1 is 1.06 bits per heavy atom. The Hall–Kier alpha value is -1.10. The summed E-state index contributed by atoms with van der Waals surface area (Å²) in [5, 5.41) is 0. The summed E-state index contributed by atoms with van der Waals surface area (Å²) in [7, 11) is 0. The smallest absolute Gasteiger partial charge is 0.245 e. The third-order valence-electron chi connectivity index (χ3n) is 4.28. The lowest BCUT2D eigenvalue weighted by molar-refractivity contribution is -0.142. The topological polar surface area (TPSA) is 49.9 Å². The van der Waals surface area contributed by atoms with E-state index in [-0.39, 0.29) is 23.9 Å². The van der Waals surface area contributed by atoms with Crippen LogP contribution in [0.4, 0.5) is 0 Å². The van der Waals surface area contributed by atoms with Gasteiger partial charge in [-0.15, -0.1) is 0 Å². The molecule has 2 unspecified atom stereocenters. The van der Waals surface area contributed by atoms with Crippen LogP contribution in [0.5, 0.6) is 0 Å².